The van der Waals surface area contributed by atoms with Gasteiger partial charge in [-0.05, 0) is 36.2 Å². The Hall–Kier alpha value is -3.33. The molecule has 168 valence electrons. The molecule has 4 aromatic rings. The fraction of sp³-hybridized carbons (Fsp3) is 0.304. The number of imidazole rings is 1. The SMILES string of the molecule is CCCC(N[C@@H](c1ccc2c(c1)oc1ccc(-c3cn(C)cn3)cc12)C(F)(F)F)C(N)=O. The number of nitrogens with zero attached hydrogens (tertiary/aromatic N) is 2. The molecule has 0 bridgehead atoms. The summed E-state index contributed by atoms with van der Waals surface area (Å²) in [5.41, 5.74) is 7.82. The fourth-order valence-corrected chi connectivity index (χ4v) is 3.87. The molecule has 2 aromatic heterocycles. The van der Waals surface area contributed by atoms with Gasteiger partial charge in [0.05, 0.1) is 18.1 Å². The maximum Gasteiger partial charge on any atom is 0.407 e. The van der Waals surface area contributed by atoms with Crippen LogP contribution in [-0.4, -0.2) is 27.7 Å². The van der Waals surface area contributed by atoms with Crippen LogP contribution < -0.4 is 11.1 Å². The third-order valence-corrected chi connectivity index (χ3v) is 5.45. The molecule has 2 heterocycles. The van der Waals surface area contributed by atoms with E-state index < -0.39 is 24.2 Å². The molecule has 0 aliphatic heterocycles. The van der Waals surface area contributed by atoms with E-state index >= 15 is 0 Å². The number of rotatable bonds is 7. The first kappa shape index (κ1) is 21.9. The Kier molecular flexibility index (Phi) is 5.68. The molecule has 0 saturated carbocycles. The van der Waals surface area contributed by atoms with Crippen molar-refractivity contribution in [3.63, 3.8) is 0 Å². The maximum atomic E-state index is 13.9. The van der Waals surface area contributed by atoms with Crippen molar-refractivity contribution < 1.29 is 22.4 Å². The lowest BCUT2D eigenvalue weighted by atomic mass is 10.0. The summed E-state index contributed by atoms with van der Waals surface area (Å²) in [7, 11) is 1.87. The highest BCUT2D eigenvalue weighted by Crippen LogP contribution is 2.37. The van der Waals surface area contributed by atoms with Crippen molar-refractivity contribution in [3.8, 4) is 11.3 Å². The van der Waals surface area contributed by atoms with Crippen LogP contribution in [0.1, 0.15) is 31.4 Å². The van der Waals surface area contributed by atoms with Crippen molar-refractivity contribution in [2.45, 2.75) is 38.0 Å². The number of alkyl halides is 3. The van der Waals surface area contributed by atoms with Crippen LogP contribution in [-0.2, 0) is 11.8 Å². The summed E-state index contributed by atoms with van der Waals surface area (Å²) in [6.45, 7) is 1.78. The van der Waals surface area contributed by atoms with Crippen LogP contribution in [0.2, 0.25) is 0 Å². The monoisotopic (exact) mass is 444 g/mol. The molecule has 0 saturated heterocycles. The summed E-state index contributed by atoms with van der Waals surface area (Å²) in [6.07, 6.45) is -0.307. The molecule has 0 radical (unpaired) electrons. The smallest absolute Gasteiger partial charge is 0.407 e. The van der Waals surface area contributed by atoms with Crippen LogP contribution in [0.25, 0.3) is 33.2 Å². The molecule has 0 spiro atoms. The number of amides is 1. The average Bonchev–Trinajstić information content (AvgIpc) is 3.32. The number of hydrogen-bond acceptors (Lipinski definition) is 4. The predicted octanol–water partition coefficient (Wildman–Crippen LogP) is 4.83. The second kappa shape index (κ2) is 8.31. The van der Waals surface area contributed by atoms with Gasteiger partial charge in [0.1, 0.15) is 17.2 Å². The van der Waals surface area contributed by atoms with Crippen molar-refractivity contribution in [1.82, 2.24) is 14.9 Å². The zero-order chi connectivity index (χ0) is 23.0. The van der Waals surface area contributed by atoms with Gasteiger partial charge in [0.2, 0.25) is 5.91 Å². The lowest BCUT2D eigenvalue weighted by Crippen LogP contribution is -2.47. The number of primary amides is 1. The topological polar surface area (TPSA) is 86.1 Å². The fourth-order valence-electron chi connectivity index (χ4n) is 3.87. The van der Waals surface area contributed by atoms with Crippen LogP contribution in [0.4, 0.5) is 13.2 Å². The zero-order valence-corrected chi connectivity index (χ0v) is 17.6. The molecule has 6 nitrogen and oxygen atoms in total. The molecule has 1 amide bonds. The minimum Gasteiger partial charge on any atom is -0.456 e. The van der Waals surface area contributed by atoms with E-state index in [4.69, 9.17) is 10.2 Å². The van der Waals surface area contributed by atoms with E-state index in [-0.39, 0.29) is 12.0 Å². The van der Waals surface area contributed by atoms with Crippen molar-refractivity contribution in [2.75, 3.05) is 0 Å². The van der Waals surface area contributed by atoms with E-state index in [1.807, 2.05) is 29.9 Å². The standard InChI is InChI=1S/C23H23F3N4O2/c1-3-4-17(22(27)31)29-21(23(24,25)26)14-5-7-15-16-9-13(18-11-30(2)12-28-18)6-8-19(16)32-20(15)10-14/h5-12,17,21,29H,3-4H2,1-2H3,(H2,27,31)/t17?,21-/m0/s1. The second-order valence-corrected chi connectivity index (χ2v) is 7.88. The van der Waals surface area contributed by atoms with Crippen molar-refractivity contribution in [1.29, 1.82) is 0 Å². The Morgan fingerprint density at radius 1 is 1.19 bits per heavy atom. The van der Waals surface area contributed by atoms with Gasteiger partial charge in [0.25, 0.3) is 0 Å². The molecule has 0 aliphatic rings. The zero-order valence-electron chi connectivity index (χ0n) is 17.6. The van der Waals surface area contributed by atoms with Gasteiger partial charge in [-0.15, -0.1) is 0 Å². The summed E-state index contributed by atoms with van der Waals surface area (Å²) in [6, 6.07) is 6.79. The van der Waals surface area contributed by atoms with Gasteiger partial charge in [0, 0.05) is 29.6 Å². The number of carbonyl (C=O) groups is 1. The number of benzene rings is 2. The molecular formula is C23H23F3N4O2. The Morgan fingerprint density at radius 3 is 2.59 bits per heavy atom. The molecule has 9 heteroatoms. The summed E-state index contributed by atoms with van der Waals surface area (Å²) in [5, 5.41) is 3.87. The molecule has 0 aliphatic carbocycles. The molecule has 2 aromatic carbocycles. The molecular weight excluding hydrogens is 421 g/mol. The van der Waals surface area contributed by atoms with Crippen LogP contribution in [0, 0.1) is 0 Å². The minimum atomic E-state index is -4.62. The Labute approximate surface area is 182 Å². The van der Waals surface area contributed by atoms with Gasteiger partial charge in [-0.3, -0.25) is 10.1 Å². The first-order valence-corrected chi connectivity index (χ1v) is 10.2. The van der Waals surface area contributed by atoms with Crippen molar-refractivity contribution >= 4 is 27.8 Å². The largest absolute Gasteiger partial charge is 0.456 e. The van der Waals surface area contributed by atoms with Gasteiger partial charge < -0.3 is 14.7 Å². The van der Waals surface area contributed by atoms with E-state index in [2.05, 4.69) is 10.3 Å². The second-order valence-electron chi connectivity index (χ2n) is 7.88. The normalized spacial score (nSPS) is 14.2. The highest BCUT2D eigenvalue weighted by Gasteiger charge is 2.42. The molecule has 32 heavy (non-hydrogen) atoms. The highest BCUT2D eigenvalue weighted by atomic mass is 19.4. The van der Waals surface area contributed by atoms with E-state index in [1.165, 1.54) is 12.1 Å². The van der Waals surface area contributed by atoms with Crippen molar-refractivity contribution in [2.24, 2.45) is 12.8 Å². The van der Waals surface area contributed by atoms with E-state index in [0.29, 0.717) is 23.0 Å². The van der Waals surface area contributed by atoms with Crippen LogP contribution in [0.3, 0.4) is 0 Å². The first-order valence-electron chi connectivity index (χ1n) is 10.2. The third-order valence-electron chi connectivity index (χ3n) is 5.45. The molecule has 1 unspecified atom stereocenters. The summed E-state index contributed by atoms with van der Waals surface area (Å²) in [4.78, 5) is 16.0. The van der Waals surface area contributed by atoms with Crippen LogP contribution >= 0.6 is 0 Å². The molecule has 3 N–H and O–H groups in total. The Balaban J connectivity index is 1.75. The van der Waals surface area contributed by atoms with Crippen LogP contribution in [0.15, 0.2) is 53.3 Å². The number of aromatic nitrogens is 2. The number of halogens is 3. The van der Waals surface area contributed by atoms with Crippen molar-refractivity contribution in [3.05, 3.63) is 54.5 Å². The predicted molar refractivity (Wildman–Crippen MR) is 116 cm³/mol. The molecule has 0 fully saturated rings. The quantitative estimate of drug-likeness (QED) is 0.427. The number of nitrogens with two attached hydrogens (primary N) is 1. The third kappa shape index (κ3) is 4.20. The lowest BCUT2D eigenvalue weighted by molar-refractivity contribution is -0.160. The Bertz CT molecular complexity index is 1280. The Morgan fingerprint density at radius 2 is 1.97 bits per heavy atom. The highest BCUT2D eigenvalue weighted by molar-refractivity contribution is 6.06. The van der Waals surface area contributed by atoms with Crippen LogP contribution in [0.5, 0.6) is 0 Å². The van der Waals surface area contributed by atoms with Gasteiger partial charge in [-0.25, -0.2) is 4.98 Å². The maximum absolute atomic E-state index is 13.9. The lowest BCUT2D eigenvalue weighted by Gasteiger charge is -2.26. The van der Waals surface area contributed by atoms with E-state index in [9.17, 15) is 18.0 Å². The van der Waals surface area contributed by atoms with Gasteiger partial charge >= 0.3 is 6.18 Å². The number of fused-ring (bicyclic) bond motifs is 3. The van der Waals surface area contributed by atoms with E-state index in [0.717, 1.165) is 16.6 Å². The first-order chi connectivity index (χ1) is 15.2. The summed E-state index contributed by atoms with van der Waals surface area (Å²) in [5.74, 6) is -0.812. The number of hydrogen-bond donors (Lipinski definition) is 2. The van der Waals surface area contributed by atoms with Gasteiger partial charge in [0.15, 0.2) is 0 Å². The van der Waals surface area contributed by atoms with Gasteiger partial charge in [-0.2, -0.15) is 13.2 Å². The molecule has 2 atom stereocenters. The number of furan rings is 1. The number of aryl methyl sites for hydroxylation is 1. The summed E-state index contributed by atoms with van der Waals surface area (Å²) >= 11 is 0. The number of carbonyl (C=O) groups excluding carboxylic acids is 1. The summed E-state index contributed by atoms with van der Waals surface area (Å²) < 4.78 is 49.3. The van der Waals surface area contributed by atoms with E-state index in [1.54, 1.807) is 25.4 Å². The minimum absolute atomic E-state index is 0.0450. The average molecular weight is 444 g/mol. The van der Waals surface area contributed by atoms with Gasteiger partial charge in [-0.1, -0.05) is 25.5 Å². The molecule has 4 rings (SSSR count). The number of nitrogens with one attached hydrogen (secondary N) is 1.